The van der Waals surface area contributed by atoms with Crippen LogP contribution in [0.5, 0.6) is 0 Å². The van der Waals surface area contributed by atoms with Crippen molar-refractivity contribution in [2.45, 2.75) is 38.3 Å². The van der Waals surface area contributed by atoms with Gasteiger partial charge in [0.2, 0.25) is 5.91 Å². The maximum Gasteiger partial charge on any atom is 0.224 e. The Hall–Kier alpha value is -0.650. The number of carbonyl (C=O) groups is 1. The molecule has 1 saturated heterocycles. The summed E-state index contributed by atoms with van der Waals surface area (Å²) >= 11 is 0. The second-order valence-corrected chi connectivity index (χ2v) is 5.40. The average molecular weight is 256 g/mol. The summed E-state index contributed by atoms with van der Waals surface area (Å²) in [5.74, 6) is 0.463. The zero-order chi connectivity index (χ0) is 13.0. The van der Waals surface area contributed by atoms with Crippen LogP contribution in [0.4, 0.5) is 0 Å². The van der Waals surface area contributed by atoms with E-state index in [1.54, 1.807) is 0 Å². The standard InChI is InChI=1S/C13H24N2O3/c1-9-3-2-4-11(12(9)14)13(16)15-7-10-8-17-5-6-18-10/h9-12H,2-8,14H2,1H3,(H,15,16). The number of carbonyl (C=O) groups excluding carboxylic acids is 1. The van der Waals surface area contributed by atoms with Crippen LogP contribution in [-0.4, -0.2) is 44.4 Å². The topological polar surface area (TPSA) is 73.6 Å². The summed E-state index contributed by atoms with van der Waals surface area (Å²) in [6.45, 7) is 4.47. The van der Waals surface area contributed by atoms with E-state index in [0.717, 1.165) is 19.3 Å². The molecule has 1 aliphatic carbocycles. The van der Waals surface area contributed by atoms with Gasteiger partial charge in [-0.25, -0.2) is 0 Å². The van der Waals surface area contributed by atoms with Gasteiger partial charge in [-0.2, -0.15) is 0 Å². The van der Waals surface area contributed by atoms with Crippen molar-refractivity contribution < 1.29 is 14.3 Å². The highest BCUT2D eigenvalue weighted by Gasteiger charge is 2.32. The summed E-state index contributed by atoms with van der Waals surface area (Å²) in [4.78, 5) is 12.1. The highest BCUT2D eigenvalue weighted by molar-refractivity contribution is 5.79. The maximum atomic E-state index is 12.1. The lowest BCUT2D eigenvalue weighted by Crippen LogP contribution is -2.49. The normalized spacial score (nSPS) is 37.2. The maximum absolute atomic E-state index is 12.1. The van der Waals surface area contributed by atoms with E-state index in [0.29, 0.717) is 32.3 Å². The molecule has 4 unspecified atom stereocenters. The van der Waals surface area contributed by atoms with Gasteiger partial charge in [-0.15, -0.1) is 0 Å². The van der Waals surface area contributed by atoms with Crippen LogP contribution in [0, 0.1) is 11.8 Å². The zero-order valence-corrected chi connectivity index (χ0v) is 11.1. The smallest absolute Gasteiger partial charge is 0.224 e. The van der Waals surface area contributed by atoms with Crippen LogP contribution in [0.25, 0.3) is 0 Å². The Balaban J connectivity index is 1.76. The van der Waals surface area contributed by atoms with Gasteiger partial charge < -0.3 is 20.5 Å². The molecule has 1 heterocycles. The Bertz CT molecular complexity index is 279. The molecule has 2 rings (SSSR count). The molecule has 0 aromatic rings. The van der Waals surface area contributed by atoms with Crippen LogP contribution in [0.15, 0.2) is 0 Å². The van der Waals surface area contributed by atoms with E-state index >= 15 is 0 Å². The van der Waals surface area contributed by atoms with Gasteiger partial charge in [-0.3, -0.25) is 4.79 Å². The summed E-state index contributed by atoms with van der Waals surface area (Å²) in [5.41, 5.74) is 6.12. The molecule has 2 fully saturated rings. The fourth-order valence-electron chi connectivity index (χ4n) is 2.75. The molecule has 1 amide bonds. The van der Waals surface area contributed by atoms with Crippen molar-refractivity contribution in [3.63, 3.8) is 0 Å². The molecule has 104 valence electrons. The van der Waals surface area contributed by atoms with Crippen molar-refractivity contribution in [3.8, 4) is 0 Å². The lowest BCUT2D eigenvalue weighted by molar-refractivity contribution is -0.129. The summed E-state index contributed by atoms with van der Waals surface area (Å²) in [7, 11) is 0. The SMILES string of the molecule is CC1CCCC(C(=O)NCC2COCCO2)C1N. The molecule has 1 saturated carbocycles. The van der Waals surface area contributed by atoms with E-state index in [9.17, 15) is 4.79 Å². The Morgan fingerprint density at radius 3 is 2.94 bits per heavy atom. The van der Waals surface area contributed by atoms with Crippen molar-refractivity contribution in [2.75, 3.05) is 26.4 Å². The van der Waals surface area contributed by atoms with Gasteiger partial charge in [-0.05, 0) is 18.8 Å². The second-order valence-electron chi connectivity index (χ2n) is 5.40. The van der Waals surface area contributed by atoms with Crippen molar-refractivity contribution in [1.29, 1.82) is 0 Å². The van der Waals surface area contributed by atoms with Gasteiger partial charge in [-0.1, -0.05) is 13.3 Å². The molecule has 18 heavy (non-hydrogen) atoms. The van der Waals surface area contributed by atoms with Crippen molar-refractivity contribution >= 4 is 5.91 Å². The summed E-state index contributed by atoms with van der Waals surface area (Å²) in [6, 6.07) is -0.0118. The predicted octanol–water partition coefficient (Wildman–Crippen LogP) is 0.282. The Kier molecular flexibility index (Phi) is 4.97. The second kappa shape index (κ2) is 6.50. The number of amides is 1. The molecule has 2 aliphatic rings. The van der Waals surface area contributed by atoms with Crippen molar-refractivity contribution in [3.05, 3.63) is 0 Å². The molecule has 4 atom stereocenters. The fourth-order valence-corrected chi connectivity index (χ4v) is 2.75. The van der Waals surface area contributed by atoms with Crippen LogP contribution in [0.3, 0.4) is 0 Å². The molecule has 1 aliphatic heterocycles. The average Bonchev–Trinajstić information content (AvgIpc) is 2.40. The first-order valence-corrected chi connectivity index (χ1v) is 6.91. The van der Waals surface area contributed by atoms with E-state index in [1.807, 2.05) is 0 Å². The monoisotopic (exact) mass is 256 g/mol. The summed E-state index contributed by atoms with van der Waals surface area (Å²) in [6.07, 6.45) is 3.11. The number of rotatable bonds is 3. The van der Waals surface area contributed by atoms with Crippen LogP contribution >= 0.6 is 0 Å². The lowest BCUT2D eigenvalue weighted by atomic mass is 9.78. The number of nitrogens with two attached hydrogens (primary N) is 1. The van der Waals surface area contributed by atoms with Gasteiger partial charge in [0, 0.05) is 12.6 Å². The molecule has 5 heteroatoms. The van der Waals surface area contributed by atoms with E-state index in [-0.39, 0.29) is 24.0 Å². The quantitative estimate of drug-likeness (QED) is 0.761. The zero-order valence-electron chi connectivity index (χ0n) is 11.1. The molecular formula is C13H24N2O3. The minimum atomic E-state index is -0.0433. The molecule has 0 aromatic carbocycles. The van der Waals surface area contributed by atoms with E-state index in [2.05, 4.69) is 12.2 Å². The minimum absolute atomic E-state index is 0.0118. The molecule has 0 radical (unpaired) electrons. The Morgan fingerprint density at radius 1 is 1.39 bits per heavy atom. The number of ether oxygens (including phenoxy) is 2. The molecule has 0 spiro atoms. The fraction of sp³-hybridized carbons (Fsp3) is 0.923. The Morgan fingerprint density at radius 2 is 2.22 bits per heavy atom. The Labute approximate surface area is 108 Å². The highest BCUT2D eigenvalue weighted by Crippen LogP contribution is 2.27. The van der Waals surface area contributed by atoms with Gasteiger partial charge in [0.25, 0.3) is 0 Å². The first-order valence-electron chi connectivity index (χ1n) is 6.91. The van der Waals surface area contributed by atoms with E-state index < -0.39 is 0 Å². The minimum Gasteiger partial charge on any atom is -0.376 e. The molecule has 0 aromatic heterocycles. The number of hydrogen-bond acceptors (Lipinski definition) is 4. The first-order chi connectivity index (χ1) is 8.68. The van der Waals surface area contributed by atoms with E-state index in [4.69, 9.17) is 15.2 Å². The number of nitrogens with one attached hydrogen (secondary N) is 1. The number of hydrogen-bond donors (Lipinski definition) is 2. The largest absolute Gasteiger partial charge is 0.376 e. The van der Waals surface area contributed by atoms with Crippen molar-refractivity contribution in [1.82, 2.24) is 5.32 Å². The molecule has 3 N–H and O–H groups in total. The molecule has 5 nitrogen and oxygen atoms in total. The lowest BCUT2D eigenvalue weighted by Gasteiger charge is -2.33. The summed E-state index contributed by atoms with van der Waals surface area (Å²) < 4.78 is 10.8. The predicted molar refractivity (Wildman–Crippen MR) is 68.0 cm³/mol. The van der Waals surface area contributed by atoms with Crippen molar-refractivity contribution in [2.24, 2.45) is 17.6 Å². The van der Waals surface area contributed by atoms with Gasteiger partial charge >= 0.3 is 0 Å². The highest BCUT2D eigenvalue weighted by atomic mass is 16.6. The summed E-state index contributed by atoms with van der Waals surface area (Å²) in [5, 5.41) is 2.95. The first kappa shape index (κ1) is 13.8. The molecule has 0 bridgehead atoms. The van der Waals surface area contributed by atoms with Crippen LogP contribution in [-0.2, 0) is 14.3 Å². The van der Waals surface area contributed by atoms with Gasteiger partial charge in [0.05, 0.1) is 31.8 Å². The van der Waals surface area contributed by atoms with Crippen LogP contribution in [0.2, 0.25) is 0 Å². The van der Waals surface area contributed by atoms with Gasteiger partial charge in [0.1, 0.15) is 0 Å². The van der Waals surface area contributed by atoms with E-state index in [1.165, 1.54) is 0 Å². The van der Waals surface area contributed by atoms with Gasteiger partial charge in [0.15, 0.2) is 0 Å². The molecular weight excluding hydrogens is 232 g/mol. The van der Waals surface area contributed by atoms with Crippen LogP contribution in [0.1, 0.15) is 26.2 Å². The third-order valence-electron chi connectivity index (χ3n) is 4.02. The van der Waals surface area contributed by atoms with Crippen LogP contribution < -0.4 is 11.1 Å². The third kappa shape index (κ3) is 3.43. The third-order valence-corrected chi connectivity index (χ3v) is 4.02.